The quantitative estimate of drug-likeness (QED) is 0.898. The van der Waals surface area contributed by atoms with Gasteiger partial charge in [-0.3, -0.25) is 4.79 Å². The standard InChI is InChI=1S/C18H20N4O3/c1-12(20-17(23)18(11-19)8-3-4-9-18)16-21-15(22-25-16)13-6-5-7-14(10-13)24-2/h5-7,10,12H,3-4,8-9H2,1-2H3,(H,20,23)/t12-/m1/s1. The molecule has 0 aliphatic heterocycles. The number of hydrogen-bond donors (Lipinski definition) is 1. The van der Waals surface area contributed by atoms with Crippen molar-refractivity contribution in [1.82, 2.24) is 15.5 Å². The molecule has 1 heterocycles. The molecule has 7 nitrogen and oxygen atoms in total. The van der Waals surface area contributed by atoms with Gasteiger partial charge in [-0.15, -0.1) is 0 Å². The van der Waals surface area contributed by atoms with Crippen LogP contribution in [0.15, 0.2) is 28.8 Å². The van der Waals surface area contributed by atoms with E-state index in [1.54, 1.807) is 20.1 Å². The van der Waals surface area contributed by atoms with Crippen LogP contribution >= 0.6 is 0 Å². The van der Waals surface area contributed by atoms with Crippen molar-refractivity contribution in [3.05, 3.63) is 30.2 Å². The maximum Gasteiger partial charge on any atom is 0.249 e. The van der Waals surface area contributed by atoms with Crippen LogP contribution in [0.25, 0.3) is 11.4 Å². The number of ether oxygens (including phenoxy) is 1. The largest absolute Gasteiger partial charge is 0.497 e. The maximum atomic E-state index is 12.5. The molecule has 1 fully saturated rings. The zero-order valence-electron chi connectivity index (χ0n) is 14.3. The van der Waals surface area contributed by atoms with E-state index in [-0.39, 0.29) is 5.91 Å². The molecular formula is C18H20N4O3. The van der Waals surface area contributed by atoms with Gasteiger partial charge in [0.05, 0.1) is 13.2 Å². The first-order valence-electron chi connectivity index (χ1n) is 8.28. The van der Waals surface area contributed by atoms with Gasteiger partial charge in [0.2, 0.25) is 17.6 Å². The fourth-order valence-corrected chi connectivity index (χ4v) is 3.06. The second-order valence-electron chi connectivity index (χ2n) is 6.28. The number of nitrogens with one attached hydrogen (secondary N) is 1. The van der Waals surface area contributed by atoms with Gasteiger partial charge in [0.1, 0.15) is 17.2 Å². The number of hydrogen-bond acceptors (Lipinski definition) is 6. The molecule has 0 bridgehead atoms. The average molecular weight is 340 g/mol. The minimum Gasteiger partial charge on any atom is -0.497 e. The Bertz CT molecular complexity index is 803. The van der Waals surface area contributed by atoms with Gasteiger partial charge in [0.25, 0.3) is 0 Å². The summed E-state index contributed by atoms with van der Waals surface area (Å²) in [6.45, 7) is 1.76. The number of rotatable bonds is 5. The van der Waals surface area contributed by atoms with Crippen LogP contribution in [0.5, 0.6) is 5.75 Å². The Labute approximate surface area is 146 Å². The third kappa shape index (κ3) is 3.33. The molecule has 25 heavy (non-hydrogen) atoms. The molecule has 1 aliphatic rings. The number of nitriles is 1. The Morgan fingerprint density at radius 1 is 1.44 bits per heavy atom. The highest BCUT2D eigenvalue weighted by Gasteiger charge is 2.42. The lowest BCUT2D eigenvalue weighted by atomic mass is 9.87. The Kier molecular flexibility index (Phi) is 4.70. The fourth-order valence-electron chi connectivity index (χ4n) is 3.06. The van der Waals surface area contributed by atoms with Crippen molar-refractivity contribution in [1.29, 1.82) is 5.26 Å². The first-order valence-corrected chi connectivity index (χ1v) is 8.28. The van der Waals surface area contributed by atoms with Crippen molar-refractivity contribution in [2.24, 2.45) is 5.41 Å². The van der Waals surface area contributed by atoms with Gasteiger partial charge in [0.15, 0.2) is 0 Å². The minimum absolute atomic E-state index is 0.263. The Hall–Kier alpha value is -2.88. The number of carbonyl (C=O) groups excluding carboxylic acids is 1. The van der Waals surface area contributed by atoms with Crippen LogP contribution in [-0.2, 0) is 4.79 Å². The van der Waals surface area contributed by atoms with Gasteiger partial charge >= 0.3 is 0 Å². The van der Waals surface area contributed by atoms with Crippen LogP contribution in [-0.4, -0.2) is 23.2 Å². The van der Waals surface area contributed by atoms with Crippen molar-refractivity contribution in [2.45, 2.75) is 38.6 Å². The molecule has 0 spiro atoms. The van der Waals surface area contributed by atoms with Crippen LogP contribution in [0.4, 0.5) is 0 Å². The summed E-state index contributed by atoms with van der Waals surface area (Å²) in [6.07, 6.45) is 2.99. The summed E-state index contributed by atoms with van der Waals surface area (Å²) in [6, 6.07) is 9.04. The molecule has 0 saturated heterocycles. The normalized spacial score (nSPS) is 16.8. The smallest absolute Gasteiger partial charge is 0.249 e. The van der Waals surface area contributed by atoms with E-state index in [1.807, 2.05) is 18.2 Å². The summed E-state index contributed by atoms with van der Waals surface area (Å²) in [4.78, 5) is 16.9. The number of methoxy groups -OCH3 is 1. The molecule has 1 saturated carbocycles. The molecular weight excluding hydrogens is 320 g/mol. The first-order chi connectivity index (χ1) is 12.1. The molecule has 1 atom stereocenters. The van der Waals surface area contributed by atoms with Crippen LogP contribution in [0.3, 0.4) is 0 Å². The summed E-state index contributed by atoms with van der Waals surface area (Å²) < 4.78 is 10.5. The van der Waals surface area contributed by atoms with Gasteiger partial charge in [-0.05, 0) is 31.9 Å². The first kappa shape index (κ1) is 17.0. The fraction of sp³-hybridized carbons (Fsp3) is 0.444. The minimum atomic E-state index is -0.927. The maximum absolute atomic E-state index is 12.5. The molecule has 1 N–H and O–H groups in total. The van der Waals surface area contributed by atoms with E-state index in [4.69, 9.17) is 9.26 Å². The molecule has 2 aromatic rings. The van der Waals surface area contributed by atoms with Crippen molar-refractivity contribution < 1.29 is 14.1 Å². The summed E-state index contributed by atoms with van der Waals surface area (Å²) in [5.41, 5.74) is -0.165. The van der Waals surface area contributed by atoms with Crippen molar-refractivity contribution in [3.8, 4) is 23.2 Å². The second kappa shape index (κ2) is 6.93. The summed E-state index contributed by atoms with van der Waals surface area (Å²) in [5, 5.41) is 16.2. The number of carbonyl (C=O) groups is 1. The Morgan fingerprint density at radius 2 is 2.20 bits per heavy atom. The van der Waals surface area contributed by atoms with Crippen molar-refractivity contribution in [2.75, 3.05) is 7.11 Å². The average Bonchev–Trinajstić information content (AvgIpc) is 3.32. The number of aromatic nitrogens is 2. The van der Waals surface area contributed by atoms with Gasteiger partial charge in [-0.25, -0.2) is 0 Å². The number of nitrogens with zero attached hydrogens (tertiary/aromatic N) is 3. The van der Waals surface area contributed by atoms with Gasteiger partial charge in [-0.2, -0.15) is 10.2 Å². The molecule has 7 heteroatoms. The Morgan fingerprint density at radius 3 is 2.88 bits per heavy atom. The van der Waals surface area contributed by atoms with Crippen LogP contribution in [0.1, 0.15) is 44.5 Å². The highest BCUT2D eigenvalue weighted by Crippen LogP contribution is 2.38. The van der Waals surface area contributed by atoms with Crippen LogP contribution in [0.2, 0.25) is 0 Å². The molecule has 1 aromatic carbocycles. The van der Waals surface area contributed by atoms with E-state index in [2.05, 4.69) is 21.5 Å². The van der Waals surface area contributed by atoms with E-state index in [0.717, 1.165) is 18.4 Å². The summed E-state index contributed by atoms with van der Waals surface area (Å²) in [5.74, 6) is 1.16. The molecule has 1 amide bonds. The molecule has 130 valence electrons. The molecule has 0 unspecified atom stereocenters. The third-order valence-electron chi connectivity index (χ3n) is 4.59. The molecule has 1 aromatic heterocycles. The monoisotopic (exact) mass is 340 g/mol. The van der Waals surface area contributed by atoms with E-state index >= 15 is 0 Å². The molecule has 1 aliphatic carbocycles. The predicted molar refractivity (Wildman–Crippen MR) is 89.4 cm³/mol. The highest BCUT2D eigenvalue weighted by atomic mass is 16.5. The van der Waals surface area contributed by atoms with Crippen LogP contribution < -0.4 is 10.1 Å². The van der Waals surface area contributed by atoms with Crippen molar-refractivity contribution in [3.63, 3.8) is 0 Å². The van der Waals surface area contributed by atoms with E-state index in [1.165, 1.54) is 0 Å². The van der Waals surface area contributed by atoms with Gasteiger partial charge < -0.3 is 14.6 Å². The third-order valence-corrected chi connectivity index (χ3v) is 4.59. The molecule has 3 rings (SSSR count). The number of benzene rings is 1. The van der Waals surface area contributed by atoms with Gasteiger partial charge in [-0.1, -0.05) is 30.1 Å². The van der Waals surface area contributed by atoms with Crippen LogP contribution in [0, 0.1) is 16.7 Å². The zero-order valence-corrected chi connectivity index (χ0v) is 14.3. The lowest BCUT2D eigenvalue weighted by Crippen LogP contribution is -2.39. The van der Waals surface area contributed by atoms with Crippen molar-refractivity contribution >= 4 is 5.91 Å². The summed E-state index contributed by atoms with van der Waals surface area (Å²) >= 11 is 0. The van der Waals surface area contributed by atoms with E-state index in [0.29, 0.717) is 30.3 Å². The predicted octanol–water partition coefficient (Wildman–Crippen LogP) is 3.01. The van der Waals surface area contributed by atoms with E-state index in [9.17, 15) is 10.1 Å². The second-order valence-corrected chi connectivity index (χ2v) is 6.28. The zero-order chi connectivity index (χ0) is 17.9. The highest BCUT2D eigenvalue weighted by molar-refractivity contribution is 5.86. The lowest BCUT2D eigenvalue weighted by molar-refractivity contribution is -0.128. The van der Waals surface area contributed by atoms with Gasteiger partial charge in [0, 0.05) is 5.56 Å². The SMILES string of the molecule is COc1cccc(-c2noc([C@@H](C)NC(=O)C3(C#N)CCCC3)n2)c1. The molecule has 0 radical (unpaired) electrons. The topological polar surface area (TPSA) is 101 Å². The lowest BCUT2D eigenvalue weighted by Gasteiger charge is -2.21. The Balaban J connectivity index is 1.73. The summed E-state index contributed by atoms with van der Waals surface area (Å²) in [7, 11) is 1.59. The van der Waals surface area contributed by atoms with E-state index < -0.39 is 11.5 Å². The number of amides is 1.